The van der Waals surface area contributed by atoms with Crippen LogP contribution in [-0.4, -0.2) is 14.8 Å². The van der Waals surface area contributed by atoms with Gasteiger partial charge < -0.3 is 0 Å². The summed E-state index contributed by atoms with van der Waals surface area (Å²) in [6.45, 7) is 6.31. The molecule has 3 rings (SSSR count). The number of halogens is 1. The van der Waals surface area contributed by atoms with Gasteiger partial charge in [0, 0.05) is 5.41 Å². The van der Waals surface area contributed by atoms with Crippen LogP contribution in [0.15, 0.2) is 42.5 Å². The quantitative estimate of drug-likeness (QED) is 0.664. The second-order valence-corrected chi connectivity index (χ2v) is 6.25. The topological polar surface area (TPSA) is 30.7 Å². The van der Waals surface area contributed by atoms with Gasteiger partial charge in [0.15, 0.2) is 0 Å². The molecule has 4 heteroatoms. The summed E-state index contributed by atoms with van der Waals surface area (Å²) < 4.78 is 1.91. The molecule has 0 fully saturated rings. The van der Waals surface area contributed by atoms with Crippen molar-refractivity contribution in [3.63, 3.8) is 0 Å². The summed E-state index contributed by atoms with van der Waals surface area (Å²) in [6, 6.07) is 14.5. The van der Waals surface area contributed by atoms with Crippen LogP contribution in [0.1, 0.15) is 26.6 Å². The maximum atomic E-state index is 6.23. The highest BCUT2D eigenvalue weighted by Crippen LogP contribution is 2.28. The Balaban J connectivity index is 2.23. The van der Waals surface area contributed by atoms with Crippen molar-refractivity contribution in [3.8, 4) is 5.69 Å². The molecule has 0 unspecified atom stereocenters. The largest absolute Gasteiger partial charge is 0.269 e. The molecule has 0 radical (unpaired) electrons. The molecule has 0 atom stereocenters. The van der Waals surface area contributed by atoms with Gasteiger partial charge in [0.1, 0.15) is 5.82 Å². The lowest BCUT2D eigenvalue weighted by Gasteiger charge is -2.19. The maximum absolute atomic E-state index is 6.23. The summed E-state index contributed by atoms with van der Waals surface area (Å²) in [4.78, 5) is 0. The van der Waals surface area contributed by atoms with E-state index in [9.17, 15) is 0 Å². The van der Waals surface area contributed by atoms with Crippen LogP contribution >= 0.6 is 11.6 Å². The minimum Gasteiger partial charge on any atom is -0.269 e. The van der Waals surface area contributed by atoms with Crippen LogP contribution < -0.4 is 0 Å². The van der Waals surface area contributed by atoms with Crippen LogP contribution in [0, 0.1) is 0 Å². The second-order valence-electron chi connectivity index (χ2n) is 5.91. The molecular weight excluding hydrogens is 270 g/mol. The number of hydrogen-bond acceptors (Lipinski definition) is 2. The highest BCUT2D eigenvalue weighted by molar-refractivity contribution is 6.28. The molecule has 1 heterocycles. The lowest BCUT2D eigenvalue weighted by Crippen LogP contribution is -2.18. The van der Waals surface area contributed by atoms with E-state index >= 15 is 0 Å². The monoisotopic (exact) mass is 285 g/mol. The first kappa shape index (κ1) is 13.1. The molecule has 0 bridgehead atoms. The average Bonchev–Trinajstić information content (AvgIpc) is 2.80. The fraction of sp³-hybridized carbons (Fsp3) is 0.250. The third kappa shape index (κ3) is 2.18. The summed E-state index contributed by atoms with van der Waals surface area (Å²) in [5.74, 6) is 0.859. The molecule has 0 saturated heterocycles. The molecule has 2 aromatic carbocycles. The van der Waals surface area contributed by atoms with E-state index in [2.05, 4.69) is 55.2 Å². The van der Waals surface area contributed by atoms with Gasteiger partial charge in [-0.05, 0) is 34.5 Å². The molecule has 0 aliphatic carbocycles. The number of hydrogen-bond donors (Lipinski definition) is 0. The Morgan fingerprint density at radius 3 is 2.35 bits per heavy atom. The highest BCUT2D eigenvalue weighted by Gasteiger charge is 2.24. The first-order chi connectivity index (χ1) is 9.47. The molecule has 0 N–H and O–H groups in total. The number of nitrogens with zero attached hydrogens (tertiary/aromatic N) is 3. The number of rotatable bonds is 1. The molecule has 3 aromatic rings. The number of fused-ring (bicyclic) bond motifs is 1. The fourth-order valence-corrected chi connectivity index (χ4v) is 2.51. The van der Waals surface area contributed by atoms with Gasteiger partial charge in [-0.3, -0.25) is 4.57 Å². The molecule has 0 aliphatic heterocycles. The smallest absolute Gasteiger partial charge is 0.229 e. The van der Waals surface area contributed by atoms with Crippen molar-refractivity contribution < 1.29 is 0 Å². The van der Waals surface area contributed by atoms with Crippen molar-refractivity contribution in [1.82, 2.24) is 14.8 Å². The Hall–Kier alpha value is -1.87. The molecule has 1 aromatic heterocycles. The fourth-order valence-electron chi connectivity index (χ4n) is 2.30. The normalized spacial score (nSPS) is 12.0. The minimum absolute atomic E-state index is 0.119. The van der Waals surface area contributed by atoms with Crippen molar-refractivity contribution >= 4 is 22.4 Å². The molecular formula is C16H16ClN3. The van der Waals surface area contributed by atoms with E-state index in [1.165, 1.54) is 10.8 Å². The van der Waals surface area contributed by atoms with E-state index in [1.54, 1.807) is 0 Å². The van der Waals surface area contributed by atoms with E-state index in [0.717, 1.165) is 11.5 Å². The van der Waals surface area contributed by atoms with Gasteiger partial charge >= 0.3 is 0 Å². The summed E-state index contributed by atoms with van der Waals surface area (Å²) in [5.41, 5.74) is 0.870. The van der Waals surface area contributed by atoms with Crippen LogP contribution in [0.3, 0.4) is 0 Å². The predicted molar refractivity (Wildman–Crippen MR) is 82.6 cm³/mol. The third-order valence-electron chi connectivity index (χ3n) is 3.29. The highest BCUT2D eigenvalue weighted by atomic mass is 35.5. The standard InChI is InChI=1S/C16H16ClN3/c1-16(2,3)14-18-19-15(17)20(14)13-9-8-11-6-4-5-7-12(11)10-13/h4-10H,1-3H3. The molecule has 20 heavy (non-hydrogen) atoms. The minimum atomic E-state index is -0.119. The first-order valence-electron chi connectivity index (χ1n) is 6.57. The Morgan fingerprint density at radius 2 is 1.65 bits per heavy atom. The maximum Gasteiger partial charge on any atom is 0.229 e. The van der Waals surface area contributed by atoms with Gasteiger partial charge in [-0.1, -0.05) is 51.1 Å². The summed E-state index contributed by atoms with van der Waals surface area (Å²) in [7, 11) is 0. The Morgan fingerprint density at radius 1 is 0.950 bits per heavy atom. The van der Waals surface area contributed by atoms with Gasteiger partial charge in [-0.15, -0.1) is 10.2 Å². The van der Waals surface area contributed by atoms with E-state index in [4.69, 9.17) is 11.6 Å². The van der Waals surface area contributed by atoms with Crippen molar-refractivity contribution in [2.45, 2.75) is 26.2 Å². The third-order valence-corrected chi connectivity index (χ3v) is 3.53. The van der Waals surface area contributed by atoms with Gasteiger partial charge in [0.05, 0.1) is 5.69 Å². The molecule has 0 saturated carbocycles. The van der Waals surface area contributed by atoms with Crippen molar-refractivity contribution in [2.75, 3.05) is 0 Å². The summed E-state index contributed by atoms with van der Waals surface area (Å²) in [6.07, 6.45) is 0. The zero-order valence-corrected chi connectivity index (χ0v) is 12.5. The van der Waals surface area contributed by atoms with E-state index in [-0.39, 0.29) is 5.41 Å². The number of aromatic nitrogens is 3. The Kier molecular flexibility index (Phi) is 3.02. The van der Waals surface area contributed by atoms with Crippen molar-refractivity contribution in [2.24, 2.45) is 0 Å². The Labute approximate surface area is 123 Å². The van der Waals surface area contributed by atoms with Crippen LogP contribution in [-0.2, 0) is 5.41 Å². The lowest BCUT2D eigenvalue weighted by atomic mass is 9.95. The molecule has 0 spiro atoms. The van der Waals surface area contributed by atoms with Crippen LogP contribution in [0.5, 0.6) is 0 Å². The lowest BCUT2D eigenvalue weighted by molar-refractivity contribution is 0.533. The zero-order valence-electron chi connectivity index (χ0n) is 11.8. The number of benzene rings is 2. The van der Waals surface area contributed by atoms with Gasteiger partial charge in [-0.2, -0.15) is 0 Å². The zero-order chi connectivity index (χ0) is 14.3. The van der Waals surface area contributed by atoms with E-state index in [1.807, 2.05) is 22.8 Å². The van der Waals surface area contributed by atoms with E-state index < -0.39 is 0 Å². The Bertz CT molecular complexity index is 769. The van der Waals surface area contributed by atoms with Gasteiger partial charge in [-0.25, -0.2) is 0 Å². The van der Waals surface area contributed by atoms with Crippen LogP contribution in [0.25, 0.3) is 16.5 Å². The molecule has 102 valence electrons. The molecule has 0 aliphatic rings. The van der Waals surface area contributed by atoms with Crippen molar-refractivity contribution in [1.29, 1.82) is 0 Å². The van der Waals surface area contributed by atoms with Gasteiger partial charge in [0.2, 0.25) is 5.28 Å². The summed E-state index contributed by atoms with van der Waals surface area (Å²) >= 11 is 6.23. The van der Waals surface area contributed by atoms with E-state index in [0.29, 0.717) is 5.28 Å². The second kappa shape index (κ2) is 4.60. The van der Waals surface area contributed by atoms with Crippen LogP contribution in [0.2, 0.25) is 5.28 Å². The SMILES string of the molecule is CC(C)(C)c1nnc(Cl)n1-c1ccc2ccccc2c1. The first-order valence-corrected chi connectivity index (χ1v) is 6.95. The predicted octanol–water partition coefficient (Wildman–Crippen LogP) is 4.37. The van der Waals surface area contributed by atoms with Crippen LogP contribution in [0.4, 0.5) is 0 Å². The van der Waals surface area contributed by atoms with Crippen molar-refractivity contribution in [3.05, 3.63) is 53.6 Å². The summed E-state index contributed by atoms with van der Waals surface area (Å²) in [5, 5.41) is 11.0. The molecule has 0 amide bonds. The van der Waals surface area contributed by atoms with Gasteiger partial charge in [0.25, 0.3) is 0 Å². The average molecular weight is 286 g/mol. The molecule has 3 nitrogen and oxygen atoms in total.